The van der Waals surface area contributed by atoms with E-state index in [1.54, 1.807) is 12.1 Å². The fourth-order valence-corrected chi connectivity index (χ4v) is 2.98. The summed E-state index contributed by atoms with van der Waals surface area (Å²) in [6.45, 7) is 0. The van der Waals surface area contributed by atoms with Gasteiger partial charge in [-0.15, -0.1) is 0 Å². The molecule has 1 N–H and O–H groups in total. The maximum Gasteiger partial charge on any atom is 0.522 e. The molecule has 6 nitrogen and oxygen atoms in total. The highest BCUT2D eigenvalue weighted by atomic mass is 32.2. The first kappa shape index (κ1) is 26.9. The summed E-state index contributed by atoms with van der Waals surface area (Å²) in [6, 6.07) is 14.6. The van der Waals surface area contributed by atoms with E-state index in [1.165, 1.54) is 24.3 Å². The minimum absolute atomic E-state index is 0.0441. The molecule has 3 rings (SSSR count). The molecule has 1 aliphatic heterocycles. The Morgan fingerprint density at radius 2 is 1.50 bits per heavy atom. The topological polar surface area (TPSA) is 91.8 Å². The Morgan fingerprint density at radius 3 is 2.03 bits per heavy atom. The summed E-state index contributed by atoms with van der Waals surface area (Å²) in [5.74, 6) is -0.370. The Kier molecular flexibility index (Phi) is 8.88. The lowest BCUT2D eigenvalue weighted by atomic mass is 9.98. The highest BCUT2D eigenvalue weighted by Crippen LogP contribution is 2.23. The SMILES string of the molecule is CN1C(CC(=O)c2ccccc2)=CC=CC1CC(=O)c1ccc(F)cc1.O=S(=O)(O)C(F)(F)F. The third-order valence-corrected chi connectivity index (χ3v) is 5.45. The number of hydrogen-bond acceptors (Lipinski definition) is 5. The van der Waals surface area contributed by atoms with Crippen LogP contribution in [0.2, 0.25) is 0 Å². The van der Waals surface area contributed by atoms with Crippen LogP contribution < -0.4 is 0 Å². The Hall–Kier alpha value is -3.31. The number of alkyl halides is 3. The summed E-state index contributed by atoms with van der Waals surface area (Å²) < 4.78 is 70.6. The molecule has 0 aromatic heterocycles. The molecule has 0 radical (unpaired) electrons. The molecule has 0 spiro atoms. The molecule has 11 heteroatoms. The van der Waals surface area contributed by atoms with Gasteiger partial charge in [0, 0.05) is 30.3 Å². The van der Waals surface area contributed by atoms with E-state index < -0.39 is 15.6 Å². The van der Waals surface area contributed by atoms with Gasteiger partial charge >= 0.3 is 15.6 Å². The summed E-state index contributed by atoms with van der Waals surface area (Å²) in [6.07, 6.45) is 6.29. The van der Waals surface area contributed by atoms with Crippen molar-refractivity contribution >= 4 is 21.7 Å². The summed E-state index contributed by atoms with van der Waals surface area (Å²) in [7, 11) is -3.96. The van der Waals surface area contributed by atoms with Gasteiger partial charge < -0.3 is 4.90 Å². The third-order valence-electron chi connectivity index (χ3n) is 4.86. The number of Topliss-reactive ketones (excluding diaryl/α,β-unsaturated/α-hetero) is 2. The van der Waals surface area contributed by atoms with Crippen LogP contribution in [0, 0.1) is 5.82 Å². The normalized spacial score (nSPS) is 15.8. The van der Waals surface area contributed by atoms with Gasteiger partial charge in [-0.25, -0.2) is 4.39 Å². The average Bonchev–Trinajstić information content (AvgIpc) is 2.76. The van der Waals surface area contributed by atoms with Crippen molar-refractivity contribution < 1.29 is 40.1 Å². The van der Waals surface area contributed by atoms with Crippen molar-refractivity contribution in [1.82, 2.24) is 4.90 Å². The molecule has 1 unspecified atom stereocenters. The molecule has 1 heterocycles. The monoisotopic (exact) mass is 499 g/mol. The predicted octanol–water partition coefficient (Wildman–Crippen LogP) is 4.82. The van der Waals surface area contributed by atoms with Crippen LogP contribution >= 0.6 is 0 Å². The third kappa shape index (κ3) is 7.63. The van der Waals surface area contributed by atoms with Gasteiger partial charge in [0.25, 0.3) is 0 Å². The zero-order valence-corrected chi connectivity index (χ0v) is 18.7. The Morgan fingerprint density at radius 1 is 0.971 bits per heavy atom. The molecule has 0 bridgehead atoms. The van der Waals surface area contributed by atoms with E-state index in [2.05, 4.69) is 0 Å². The first-order valence-electron chi connectivity index (χ1n) is 9.80. The van der Waals surface area contributed by atoms with Crippen LogP contribution in [0.4, 0.5) is 17.6 Å². The summed E-state index contributed by atoms with van der Waals surface area (Å²) in [5.41, 5.74) is -3.49. The van der Waals surface area contributed by atoms with Crippen LogP contribution in [0.1, 0.15) is 33.6 Å². The smallest absolute Gasteiger partial charge is 0.371 e. The molecular weight excluding hydrogens is 478 g/mol. The van der Waals surface area contributed by atoms with Crippen molar-refractivity contribution in [1.29, 1.82) is 0 Å². The van der Waals surface area contributed by atoms with E-state index in [9.17, 15) is 27.2 Å². The second-order valence-electron chi connectivity index (χ2n) is 7.24. The zero-order valence-electron chi connectivity index (χ0n) is 17.9. The Balaban J connectivity index is 0.000000440. The number of carbonyl (C=O) groups is 2. The molecule has 0 fully saturated rings. The van der Waals surface area contributed by atoms with Crippen molar-refractivity contribution in [3.8, 4) is 0 Å². The van der Waals surface area contributed by atoms with E-state index >= 15 is 0 Å². The number of nitrogens with zero attached hydrogens (tertiary/aromatic N) is 1. The Labute approximate surface area is 193 Å². The van der Waals surface area contributed by atoms with Gasteiger partial charge in [0.15, 0.2) is 11.6 Å². The standard InChI is InChI=1S/C22H20FNO2.CHF3O3S/c1-24-19(14-21(25)16-6-3-2-4-7-16)8-5-9-20(24)15-22(26)17-10-12-18(23)13-11-17;2-1(3,4)8(5,6)7/h2-13,20H,14-15H2,1H3;(H,5,6,7). The predicted molar refractivity (Wildman–Crippen MR) is 117 cm³/mol. The summed E-state index contributed by atoms with van der Waals surface area (Å²) >= 11 is 0. The Bertz CT molecular complexity index is 1170. The molecule has 0 saturated heterocycles. The molecule has 34 heavy (non-hydrogen) atoms. The van der Waals surface area contributed by atoms with Crippen LogP contribution in [-0.2, 0) is 10.1 Å². The van der Waals surface area contributed by atoms with Crippen molar-refractivity contribution in [3.05, 3.63) is 95.5 Å². The first-order chi connectivity index (χ1) is 15.8. The molecular formula is C23H21F4NO5S. The van der Waals surface area contributed by atoms with E-state index in [0.717, 1.165) is 5.70 Å². The number of ketones is 2. The number of benzene rings is 2. The lowest BCUT2D eigenvalue weighted by Crippen LogP contribution is -2.34. The largest absolute Gasteiger partial charge is 0.522 e. The number of hydrogen-bond donors (Lipinski definition) is 1. The number of carbonyl (C=O) groups excluding carboxylic acids is 2. The van der Waals surface area contributed by atoms with E-state index in [-0.39, 0.29) is 36.3 Å². The molecule has 1 aliphatic rings. The second-order valence-corrected chi connectivity index (χ2v) is 8.66. The maximum absolute atomic E-state index is 13.0. The van der Waals surface area contributed by atoms with E-state index in [0.29, 0.717) is 11.1 Å². The van der Waals surface area contributed by atoms with Crippen LogP contribution in [0.3, 0.4) is 0 Å². The van der Waals surface area contributed by atoms with Crippen molar-refractivity contribution in [2.45, 2.75) is 24.4 Å². The summed E-state index contributed by atoms with van der Waals surface area (Å²) in [4.78, 5) is 26.9. The van der Waals surface area contributed by atoms with Crippen LogP contribution in [-0.4, -0.2) is 48.0 Å². The van der Waals surface area contributed by atoms with Gasteiger partial charge in [0.05, 0.1) is 12.5 Å². The highest BCUT2D eigenvalue weighted by Gasteiger charge is 2.44. The van der Waals surface area contributed by atoms with Crippen LogP contribution in [0.25, 0.3) is 0 Å². The molecule has 2 aromatic carbocycles. The van der Waals surface area contributed by atoms with Crippen LogP contribution in [0.15, 0.2) is 78.5 Å². The molecule has 182 valence electrons. The van der Waals surface area contributed by atoms with Gasteiger partial charge in [0.1, 0.15) is 5.82 Å². The molecule has 2 aromatic rings. The van der Waals surface area contributed by atoms with E-state index in [4.69, 9.17) is 13.0 Å². The van der Waals surface area contributed by atoms with Gasteiger partial charge in [-0.1, -0.05) is 42.5 Å². The quantitative estimate of drug-likeness (QED) is 0.265. The minimum Gasteiger partial charge on any atom is -0.371 e. The van der Waals surface area contributed by atoms with Gasteiger partial charge in [-0.3, -0.25) is 14.1 Å². The molecule has 0 aliphatic carbocycles. The maximum atomic E-state index is 13.0. The summed E-state index contributed by atoms with van der Waals surface area (Å²) in [5, 5.41) is 0. The first-order valence-corrected chi connectivity index (χ1v) is 11.2. The fraction of sp³-hybridized carbons (Fsp3) is 0.217. The average molecular weight is 499 g/mol. The highest BCUT2D eigenvalue weighted by molar-refractivity contribution is 7.86. The second kappa shape index (κ2) is 11.2. The van der Waals surface area contributed by atoms with Crippen molar-refractivity contribution in [2.24, 2.45) is 0 Å². The zero-order chi connectivity index (χ0) is 25.5. The number of rotatable bonds is 6. The fourth-order valence-electron chi connectivity index (χ4n) is 2.98. The van der Waals surface area contributed by atoms with Gasteiger partial charge in [-0.2, -0.15) is 21.6 Å². The van der Waals surface area contributed by atoms with Crippen LogP contribution in [0.5, 0.6) is 0 Å². The van der Waals surface area contributed by atoms with Gasteiger partial charge in [-0.05, 0) is 30.3 Å². The molecule has 1 atom stereocenters. The molecule has 0 saturated carbocycles. The lowest BCUT2D eigenvalue weighted by Gasteiger charge is -2.32. The lowest BCUT2D eigenvalue weighted by molar-refractivity contribution is -0.0510. The van der Waals surface area contributed by atoms with Gasteiger partial charge in [0.2, 0.25) is 0 Å². The number of allylic oxidation sites excluding steroid dienone is 3. The van der Waals surface area contributed by atoms with Crippen molar-refractivity contribution in [2.75, 3.05) is 7.05 Å². The number of halogens is 4. The molecule has 0 amide bonds. The number of likely N-dealkylation sites (N-methyl/N-ethyl adjacent to an activating group) is 1. The minimum atomic E-state index is -5.84. The van der Waals surface area contributed by atoms with E-state index in [1.807, 2.05) is 48.4 Å². The van der Waals surface area contributed by atoms with Crippen molar-refractivity contribution in [3.63, 3.8) is 0 Å².